The molecule has 2 nitrogen and oxygen atoms in total. The van der Waals surface area contributed by atoms with Crippen LogP contribution in [0.2, 0.25) is 0 Å². The number of rotatable bonds is 2. The van der Waals surface area contributed by atoms with Crippen LogP contribution in [0.15, 0.2) is 0 Å². The zero-order chi connectivity index (χ0) is 6.83. The van der Waals surface area contributed by atoms with Crippen molar-refractivity contribution in [2.45, 2.75) is 26.7 Å². The van der Waals surface area contributed by atoms with Crippen LogP contribution >= 0.6 is 0 Å². The molecule has 0 aromatic carbocycles. The van der Waals surface area contributed by atoms with Crippen LogP contribution in [-0.4, -0.2) is 46.5 Å². The van der Waals surface area contributed by atoms with E-state index in [0.717, 1.165) is 12.8 Å². The van der Waals surface area contributed by atoms with E-state index < -0.39 is 0 Å². The molecule has 3 heteroatoms. The number of aliphatic hydroxyl groups excluding tert-OH is 2. The predicted molar refractivity (Wildman–Crippen MR) is 40.5 cm³/mol. The molecular formula is C6H16MgO2. The standard InChI is InChI=1S/2C3H8O.Mg/c2*1-2-3-4;/h2*4H,2-3H2,1H3;. The van der Waals surface area contributed by atoms with Gasteiger partial charge in [0.1, 0.15) is 0 Å². The van der Waals surface area contributed by atoms with Crippen molar-refractivity contribution < 1.29 is 10.2 Å². The van der Waals surface area contributed by atoms with Crippen molar-refractivity contribution in [3.05, 3.63) is 0 Å². The Balaban J connectivity index is -0.0000000720. The van der Waals surface area contributed by atoms with E-state index in [1.807, 2.05) is 13.8 Å². The van der Waals surface area contributed by atoms with Gasteiger partial charge in [-0.2, -0.15) is 0 Å². The predicted octanol–water partition coefficient (Wildman–Crippen LogP) is 0.397. The highest BCUT2D eigenvalue weighted by Gasteiger charge is 1.57. The lowest BCUT2D eigenvalue weighted by Crippen LogP contribution is -1.69. The summed E-state index contributed by atoms with van der Waals surface area (Å²) in [5.74, 6) is 0. The molecule has 0 unspecified atom stereocenters. The maximum Gasteiger partial charge on any atom is 0.0428 e. The van der Waals surface area contributed by atoms with Crippen LogP contribution in [0, 0.1) is 0 Å². The molecule has 0 aromatic rings. The van der Waals surface area contributed by atoms with Gasteiger partial charge in [0.25, 0.3) is 0 Å². The summed E-state index contributed by atoms with van der Waals surface area (Å²) in [6.45, 7) is 4.50. The molecule has 2 N–H and O–H groups in total. The largest absolute Gasteiger partial charge is 0.396 e. The highest BCUT2D eigenvalue weighted by Crippen LogP contribution is 1.61. The van der Waals surface area contributed by atoms with E-state index in [1.165, 1.54) is 0 Å². The van der Waals surface area contributed by atoms with Crippen molar-refractivity contribution in [1.29, 1.82) is 0 Å². The van der Waals surface area contributed by atoms with Gasteiger partial charge in [0.15, 0.2) is 0 Å². The Hall–Kier alpha value is 0.686. The van der Waals surface area contributed by atoms with Crippen molar-refractivity contribution in [1.82, 2.24) is 0 Å². The Kier molecular flexibility index (Phi) is 42.4. The maximum absolute atomic E-state index is 7.88. The molecule has 0 atom stereocenters. The third kappa shape index (κ3) is 53.8. The highest BCUT2D eigenvalue weighted by atomic mass is 24.3. The van der Waals surface area contributed by atoms with Gasteiger partial charge >= 0.3 is 0 Å². The normalized spacial score (nSPS) is 6.67. The fourth-order valence-corrected chi connectivity index (χ4v) is 0. The minimum Gasteiger partial charge on any atom is -0.396 e. The van der Waals surface area contributed by atoms with Gasteiger partial charge in [-0.25, -0.2) is 0 Å². The zero-order valence-corrected chi connectivity index (χ0v) is 7.84. The molecule has 0 aliphatic carbocycles. The zero-order valence-electron chi connectivity index (χ0n) is 6.43. The van der Waals surface area contributed by atoms with Gasteiger partial charge in [0.05, 0.1) is 0 Å². The van der Waals surface area contributed by atoms with E-state index in [4.69, 9.17) is 10.2 Å². The van der Waals surface area contributed by atoms with E-state index >= 15 is 0 Å². The Bertz CT molecular complexity index is 19.0. The molecule has 0 heterocycles. The van der Waals surface area contributed by atoms with Gasteiger partial charge in [-0.3, -0.25) is 0 Å². The number of aliphatic hydroxyl groups is 2. The molecule has 0 saturated heterocycles. The van der Waals surface area contributed by atoms with Gasteiger partial charge in [-0.05, 0) is 12.8 Å². The average Bonchev–Trinajstić information content (AvgIpc) is 1.88. The van der Waals surface area contributed by atoms with Crippen molar-refractivity contribution in [2.24, 2.45) is 0 Å². The van der Waals surface area contributed by atoms with Crippen molar-refractivity contribution in [3.8, 4) is 0 Å². The molecule has 0 aromatic heterocycles. The van der Waals surface area contributed by atoms with E-state index in [9.17, 15) is 0 Å². The van der Waals surface area contributed by atoms with Crippen LogP contribution in [0.25, 0.3) is 0 Å². The van der Waals surface area contributed by atoms with Gasteiger partial charge in [-0.1, -0.05) is 13.8 Å². The smallest absolute Gasteiger partial charge is 0.0428 e. The molecule has 9 heavy (non-hydrogen) atoms. The highest BCUT2D eigenvalue weighted by molar-refractivity contribution is 5.75. The molecule has 0 spiro atoms. The fraction of sp³-hybridized carbons (Fsp3) is 1.00. The molecule has 54 valence electrons. The number of hydrogen-bond acceptors (Lipinski definition) is 2. The third-order valence-corrected chi connectivity index (χ3v) is 0.447. The summed E-state index contributed by atoms with van der Waals surface area (Å²) in [7, 11) is 0. The summed E-state index contributed by atoms with van der Waals surface area (Å²) in [6.07, 6.45) is 1.75. The molecule has 0 saturated carbocycles. The molecule has 2 radical (unpaired) electrons. The van der Waals surface area contributed by atoms with Gasteiger partial charge < -0.3 is 10.2 Å². The summed E-state index contributed by atoms with van der Waals surface area (Å²) in [4.78, 5) is 0. The van der Waals surface area contributed by atoms with E-state index in [2.05, 4.69) is 0 Å². The Labute approximate surface area is 73.4 Å². The first kappa shape index (κ1) is 16.3. The van der Waals surface area contributed by atoms with E-state index in [1.54, 1.807) is 0 Å². The van der Waals surface area contributed by atoms with Crippen molar-refractivity contribution >= 4 is 23.1 Å². The van der Waals surface area contributed by atoms with Crippen LogP contribution in [-0.2, 0) is 0 Å². The summed E-state index contributed by atoms with van der Waals surface area (Å²) in [5, 5.41) is 15.8. The first-order valence-electron chi connectivity index (χ1n) is 3.05. The van der Waals surface area contributed by atoms with Gasteiger partial charge in [0, 0.05) is 36.3 Å². The lowest BCUT2D eigenvalue weighted by molar-refractivity contribution is 0.294. The summed E-state index contributed by atoms with van der Waals surface area (Å²) in [6, 6.07) is 0. The second kappa shape index (κ2) is 23.4. The Morgan fingerprint density at radius 3 is 1.00 bits per heavy atom. The summed E-state index contributed by atoms with van der Waals surface area (Å²) >= 11 is 0. The van der Waals surface area contributed by atoms with Crippen LogP contribution < -0.4 is 0 Å². The third-order valence-electron chi connectivity index (χ3n) is 0.447. The van der Waals surface area contributed by atoms with Crippen LogP contribution in [0.3, 0.4) is 0 Å². The molecular weight excluding hydrogens is 128 g/mol. The lowest BCUT2D eigenvalue weighted by atomic mass is 10.5. The number of hydrogen-bond donors (Lipinski definition) is 2. The second-order valence-corrected chi connectivity index (χ2v) is 1.45. The van der Waals surface area contributed by atoms with Crippen molar-refractivity contribution in [2.75, 3.05) is 13.2 Å². The Morgan fingerprint density at radius 2 is 1.00 bits per heavy atom. The molecule has 0 fully saturated rings. The molecule has 0 amide bonds. The van der Waals surface area contributed by atoms with Gasteiger partial charge in [0.2, 0.25) is 0 Å². The van der Waals surface area contributed by atoms with E-state index in [0.29, 0.717) is 13.2 Å². The Morgan fingerprint density at radius 1 is 0.889 bits per heavy atom. The molecule has 0 aliphatic rings. The van der Waals surface area contributed by atoms with Crippen LogP contribution in [0.5, 0.6) is 0 Å². The van der Waals surface area contributed by atoms with Crippen LogP contribution in [0.1, 0.15) is 26.7 Å². The molecule has 0 bridgehead atoms. The summed E-state index contributed by atoms with van der Waals surface area (Å²) < 4.78 is 0. The monoisotopic (exact) mass is 144 g/mol. The lowest BCUT2D eigenvalue weighted by Gasteiger charge is -1.69. The average molecular weight is 144 g/mol. The quantitative estimate of drug-likeness (QED) is 0.551. The second-order valence-electron chi connectivity index (χ2n) is 1.45. The fourth-order valence-electron chi connectivity index (χ4n) is 0. The SMILES string of the molecule is CCCO.CCCO.[Mg]. The maximum atomic E-state index is 7.88. The van der Waals surface area contributed by atoms with Gasteiger partial charge in [-0.15, -0.1) is 0 Å². The first-order valence-corrected chi connectivity index (χ1v) is 3.05. The van der Waals surface area contributed by atoms with E-state index in [-0.39, 0.29) is 23.1 Å². The van der Waals surface area contributed by atoms with Crippen LogP contribution in [0.4, 0.5) is 0 Å². The minimum atomic E-state index is 0. The topological polar surface area (TPSA) is 40.5 Å². The molecule has 0 aliphatic heterocycles. The molecule has 0 rings (SSSR count). The summed E-state index contributed by atoms with van der Waals surface area (Å²) in [5.41, 5.74) is 0. The first-order chi connectivity index (χ1) is 3.83. The minimum absolute atomic E-state index is 0. The van der Waals surface area contributed by atoms with Crippen molar-refractivity contribution in [3.63, 3.8) is 0 Å².